The molecule has 0 aromatic carbocycles. The number of amides is 1. The van der Waals surface area contributed by atoms with Crippen LogP contribution < -0.4 is 5.32 Å². The summed E-state index contributed by atoms with van der Waals surface area (Å²) in [4.78, 5) is 12.2. The first kappa shape index (κ1) is 16.4. The van der Waals surface area contributed by atoms with Gasteiger partial charge in [-0.2, -0.15) is 13.2 Å². The van der Waals surface area contributed by atoms with Gasteiger partial charge in [0.2, 0.25) is 0 Å². The Hall–Kier alpha value is -0.980. The van der Waals surface area contributed by atoms with E-state index in [0.717, 1.165) is 4.47 Å². The van der Waals surface area contributed by atoms with Gasteiger partial charge in [0, 0.05) is 23.3 Å². The Bertz CT molecular complexity index is 513. The molecule has 2 atom stereocenters. The zero-order valence-electron chi connectivity index (χ0n) is 11.7. The molecule has 0 spiro atoms. The monoisotopic (exact) mass is 366 g/mol. The predicted octanol–water partition coefficient (Wildman–Crippen LogP) is 4.12. The van der Waals surface area contributed by atoms with E-state index in [4.69, 9.17) is 0 Å². The molecule has 118 valence electrons. The summed E-state index contributed by atoms with van der Waals surface area (Å²) in [5.74, 6) is -1.61. The van der Waals surface area contributed by atoms with Crippen LogP contribution in [-0.2, 0) is 6.54 Å². The number of rotatable bonds is 3. The Balaban J connectivity index is 2.02. The first-order valence-electron chi connectivity index (χ1n) is 7.04. The molecule has 1 aliphatic rings. The maximum atomic E-state index is 12.8. The van der Waals surface area contributed by atoms with Crippen LogP contribution in [0.4, 0.5) is 13.2 Å². The smallest absolute Gasteiger partial charge is 0.348 e. The van der Waals surface area contributed by atoms with Crippen LogP contribution in [-0.4, -0.2) is 22.7 Å². The molecule has 1 aliphatic carbocycles. The van der Waals surface area contributed by atoms with Gasteiger partial charge in [0.05, 0.1) is 5.92 Å². The van der Waals surface area contributed by atoms with Crippen molar-refractivity contribution in [3.8, 4) is 0 Å². The van der Waals surface area contributed by atoms with Crippen molar-refractivity contribution >= 4 is 21.8 Å². The summed E-state index contributed by atoms with van der Waals surface area (Å²) in [7, 11) is 0. The maximum absolute atomic E-state index is 12.8. The van der Waals surface area contributed by atoms with Gasteiger partial charge in [-0.3, -0.25) is 4.79 Å². The van der Waals surface area contributed by atoms with E-state index in [-0.39, 0.29) is 18.7 Å². The summed E-state index contributed by atoms with van der Waals surface area (Å²) >= 11 is 3.30. The van der Waals surface area contributed by atoms with Crippen molar-refractivity contribution in [3.05, 3.63) is 22.4 Å². The Labute approximate surface area is 130 Å². The molecule has 1 fully saturated rings. The maximum Gasteiger partial charge on any atom is 0.391 e. The van der Waals surface area contributed by atoms with Crippen molar-refractivity contribution in [2.75, 3.05) is 0 Å². The van der Waals surface area contributed by atoms with Crippen LogP contribution in [0.1, 0.15) is 43.1 Å². The zero-order valence-corrected chi connectivity index (χ0v) is 13.3. The highest BCUT2D eigenvalue weighted by Crippen LogP contribution is 2.37. The van der Waals surface area contributed by atoms with E-state index >= 15 is 0 Å². The average molecular weight is 367 g/mol. The van der Waals surface area contributed by atoms with Crippen LogP contribution in [0, 0.1) is 5.92 Å². The minimum absolute atomic E-state index is 0.0246. The highest BCUT2D eigenvalue weighted by molar-refractivity contribution is 9.10. The summed E-state index contributed by atoms with van der Waals surface area (Å²) in [5, 5.41) is 2.74. The van der Waals surface area contributed by atoms with Crippen molar-refractivity contribution in [2.45, 2.75) is 51.4 Å². The van der Waals surface area contributed by atoms with E-state index in [1.165, 1.54) is 0 Å². The molecule has 1 aromatic heterocycles. The molecule has 0 radical (unpaired) electrons. The topological polar surface area (TPSA) is 34.0 Å². The molecule has 3 nitrogen and oxygen atoms in total. The van der Waals surface area contributed by atoms with Gasteiger partial charge in [-0.25, -0.2) is 0 Å². The number of nitrogens with one attached hydrogen (secondary N) is 1. The second kappa shape index (κ2) is 6.42. The normalized spacial score (nSPS) is 23.1. The van der Waals surface area contributed by atoms with Crippen LogP contribution in [0.3, 0.4) is 0 Å². The summed E-state index contributed by atoms with van der Waals surface area (Å²) in [6.45, 7) is 2.54. The summed E-state index contributed by atoms with van der Waals surface area (Å²) in [6, 6.07) is 1.28. The van der Waals surface area contributed by atoms with Crippen LogP contribution in [0.25, 0.3) is 0 Å². The molecular weight excluding hydrogens is 349 g/mol. The fraction of sp³-hybridized carbons (Fsp3) is 0.643. The van der Waals surface area contributed by atoms with Gasteiger partial charge in [-0.05, 0) is 48.2 Å². The van der Waals surface area contributed by atoms with Gasteiger partial charge in [-0.15, -0.1) is 0 Å². The van der Waals surface area contributed by atoms with Gasteiger partial charge < -0.3 is 9.88 Å². The minimum Gasteiger partial charge on any atom is -0.348 e. The second-order valence-corrected chi connectivity index (χ2v) is 6.32. The SMILES string of the molecule is CCn1cc(Br)cc1C(=O)NC1CCCC(C(F)(F)F)C1. The number of nitrogens with zero attached hydrogens (tertiary/aromatic N) is 1. The van der Waals surface area contributed by atoms with Crippen molar-refractivity contribution in [1.82, 2.24) is 9.88 Å². The molecule has 1 amide bonds. The Morgan fingerprint density at radius 3 is 2.81 bits per heavy atom. The number of alkyl halides is 3. The van der Waals surface area contributed by atoms with Crippen molar-refractivity contribution < 1.29 is 18.0 Å². The van der Waals surface area contributed by atoms with Crippen LogP contribution in [0.15, 0.2) is 16.7 Å². The number of aryl methyl sites for hydroxylation is 1. The Morgan fingerprint density at radius 1 is 1.48 bits per heavy atom. The van der Waals surface area contributed by atoms with Crippen molar-refractivity contribution in [1.29, 1.82) is 0 Å². The lowest BCUT2D eigenvalue weighted by Gasteiger charge is -2.31. The van der Waals surface area contributed by atoms with E-state index in [9.17, 15) is 18.0 Å². The number of hydrogen-bond donors (Lipinski definition) is 1. The third kappa shape index (κ3) is 4.02. The van der Waals surface area contributed by atoms with Crippen LogP contribution >= 0.6 is 15.9 Å². The third-order valence-corrected chi connectivity index (χ3v) is 4.34. The van der Waals surface area contributed by atoms with Crippen LogP contribution in [0.2, 0.25) is 0 Å². The molecule has 21 heavy (non-hydrogen) atoms. The lowest BCUT2D eigenvalue weighted by molar-refractivity contribution is -0.183. The lowest BCUT2D eigenvalue weighted by atomic mass is 9.85. The largest absolute Gasteiger partial charge is 0.391 e. The number of halogens is 4. The molecule has 2 unspecified atom stereocenters. The zero-order chi connectivity index (χ0) is 15.6. The van der Waals surface area contributed by atoms with E-state index in [2.05, 4.69) is 21.2 Å². The fourth-order valence-electron chi connectivity index (χ4n) is 2.80. The highest BCUT2D eigenvalue weighted by Gasteiger charge is 2.42. The van der Waals surface area contributed by atoms with Crippen molar-refractivity contribution in [2.24, 2.45) is 5.92 Å². The summed E-state index contributed by atoms with van der Waals surface area (Å²) in [6.07, 6.45) is -1.15. The lowest BCUT2D eigenvalue weighted by Crippen LogP contribution is -2.42. The minimum atomic E-state index is -4.17. The third-order valence-electron chi connectivity index (χ3n) is 3.91. The Kier molecular flexibility index (Phi) is 5.01. The second-order valence-electron chi connectivity index (χ2n) is 5.41. The molecule has 0 saturated heterocycles. The molecule has 0 bridgehead atoms. The Morgan fingerprint density at radius 2 is 2.19 bits per heavy atom. The molecule has 1 heterocycles. The van der Waals surface area contributed by atoms with Crippen LogP contribution in [0.5, 0.6) is 0 Å². The van der Waals surface area contributed by atoms with E-state index < -0.39 is 18.1 Å². The molecular formula is C14H18BrF3N2O. The predicted molar refractivity (Wildman–Crippen MR) is 77.1 cm³/mol. The van der Waals surface area contributed by atoms with Gasteiger partial charge in [0.15, 0.2) is 0 Å². The number of carbonyl (C=O) groups excluding carboxylic acids is 1. The summed E-state index contributed by atoms with van der Waals surface area (Å²) in [5.41, 5.74) is 0.471. The molecule has 1 N–H and O–H groups in total. The quantitative estimate of drug-likeness (QED) is 0.857. The fourth-order valence-corrected chi connectivity index (χ4v) is 3.27. The molecule has 1 aromatic rings. The highest BCUT2D eigenvalue weighted by atomic mass is 79.9. The van der Waals surface area contributed by atoms with Gasteiger partial charge in [-0.1, -0.05) is 6.42 Å². The number of aromatic nitrogens is 1. The van der Waals surface area contributed by atoms with Gasteiger partial charge in [0.1, 0.15) is 5.69 Å². The van der Waals surface area contributed by atoms with Crippen molar-refractivity contribution in [3.63, 3.8) is 0 Å². The first-order chi connectivity index (χ1) is 9.81. The summed E-state index contributed by atoms with van der Waals surface area (Å²) < 4.78 is 40.9. The molecule has 2 rings (SSSR count). The average Bonchev–Trinajstić information content (AvgIpc) is 2.79. The van der Waals surface area contributed by atoms with E-state index in [1.807, 2.05) is 6.92 Å². The number of carbonyl (C=O) groups is 1. The van der Waals surface area contributed by atoms with Gasteiger partial charge in [0.25, 0.3) is 5.91 Å². The molecule has 7 heteroatoms. The first-order valence-corrected chi connectivity index (χ1v) is 7.83. The number of hydrogen-bond acceptors (Lipinski definition) is 1. The van der Waals surface area contributed by atoms with E-state index in [1.54, 1.807) is 16.8 Å². The van der Waals surface area contributed by atoms with Gasteiger partial charge >= 0.3 is 6.18 Å². The molecule has 0 aliphatic heterocycles. The van der Waals surface area contributed by atoms with E-state index in [0.29, 0.717) is 25.1 Å². The molecule has 1 saturated carbocycles. The standard InChI is InChI=1S/C14H18BrF3N2O/c1-2-20-8-10(15)7-12(20)13(21)19-11-5-3-4-9(6-11)14(16,17)18/h7-9,11H,2-6H2,1H3,(H,19,21).